The summed E-state index contributed by atoms with van der Waals surface area (Å²) in [6, 6.07) is 5.08. The standard InChI is InChI=1S/C28H42N2O6/c1-10-11-14-35-24-22-15-20(36-19(3)18(2)31)12-13-21(22)25(32)29(17-27(4,5)6)23(24)16-30(26(33)34)28(7,8)9/h12-13,15,19H,10-11,14,16-17H2,1-9H3,(H,33,34). The highest BCUT2D eigenvalue weighted by Crippen LogP contribution is 2.34. The summed E-state index contributed by atoms with van der Waals surface area (Å²) in [6.07, 6.45) is 0.00167. The van der Waals surface area contributed by atoms with Gasteiger partial charge in [-0.3, -0.25) is 14.5 Å². The summed E-state index contributed by atoms with van der Waals surface area (Å²) in [7, 11) is 0. The van der Waals surface area contributed by atoms with Crippen LogP contribution in [-0.2, 0) is 17.9 Å². The lowest BCUT2D eigenvalue weighted by molar-refractivity contribution is -0.122. The summed E-state index contributed by atoms with van der Waals surface area (Å²) in [4.78, 5) is 39.1. The molecule has 0 aliphatic rings. The van der Waals surface area contributed by atoms with Gasteiger partial charge in [0, 0.05) is 17.5 Å². The minimum absolute atomic E-state index is 0.0174. The Morgan fingerprint density at radius 3 is 2.25 bits per heavy atom. The third-order valence-corrected chi connectivity index (χ3v) is 5.91. The van der Waals surface area contributed by atoms with Gasteiger partial charge in [0.1, 0.15) is 11.5 Å². The van der Waals surface area contributed by atoms with Crippen molar-refractivity contribution >= 4 is 22.6 Å². The predicted molar refractivity (Wildman–Crippen MR) is 142 cm³/mol. The summed E-state index contributed by atoms with van der Waals surface area (Å²) >= 11 is 0. The van der Waals surface area contributed by atoms with Crippen molar-refractivity contribution in [2.75, 3.05) is 6.61 Å². The van der Waals surface area contributed by atoms with E-state index < -0.39 is 17.7 Å². The van der Waals surface area contributed by atoms with Crippen LogP contribution in [0, 0.1) is 5.41 Å². The van der Waals surface area contributed by atoms with Crippen LogP contribution >= 0.6 is 0 Å². The third kappa shape index (κ3) is 7.24. The Bertz CT molecular complexity index is 1150. The number of amides is 1. The van der Waals surface area contributed by atoms with Crippen LogP contribution in [0.2, 0.25) is 0 Å². The molecule has 1 atom stereocenters. The highest BCUT2D eigenvalue weighted by molar-refractivity contribution is 5.90. The van der Waals surface area contributed by atoms with E-state index in [9.17, 15) is 19.5 Å². The van der Waals surface area contributed by atoms with E-state index in [1.54, 1.807) is 29.7 Å². The summed E-state index contributed by atoms with van der Waals surface area (Å²) in [5.74, 6) is 0.798. The quantitative estimate of drug-likeness (QED) is 0.409. The Balaban J connectivity index is 2.90. The lowest BCUT2D eigenvalue weighted by atomic mass is 9.96. The maximum atomic E-state index is 13.8. The summed E-state index contributed by atoms with van der Waals surface area (Å²) in [5.41, 5.74) is -0.662. The number of carbonyl (C=O) groups excluding carboxylic acids is 1. The van der Waals surface area contributed by atoms with E-state index in [1.807, 2.05) is 41.5 Å². The topological polar surface area (TPSA) is 98.1 Å². The molecule has 0 fully saturated rings. The summed E-state index contributed by atoms with van der Waals surface area (Å²) in [6.45, 7) is 17.5. The normalized spacial score (nSPS) is 12.9. The molecule has 0 saturated heterocycles. The van der Waals surface area contributed by atoms with E-state index in [4.69, 9.17) is 9.47 Å². The van der Waals surface area contributed by atoms with Gasteiger partial charge in [-0.15, -0.1) is 0 Å². The number of ether oxygens (including phenoxy) is 2. The zero-order chi connectivity index (χ0) is 27.4. The summed E-state index contributed by atoms with van der Waals surface area (Å²) < 4.78 is 13.8. The van der Waals surface area contributed by atoms with Crippen molar-refractivity contribution in [2.24, 2.45) is 5.41 Å². The lowest BCUT2D eigenvalue weighted by Crippen LogP contribution is -2.45. The molecular weight excluding hydrogens is 460 g/mol. The fraction of sp³-hybridized carbons (Fsp3) is 0.607. The Hall–Kier alpha value is -3.03. The third-order valence-electron chi connectivity index (χ3n) is 5.91. The molecule has 1 heterocycles. The number of unbranched alkanes of at least 4 members (excludes halogenated alkanes) is 1. The first kappa shape index (κ1) is 29.2. The van der Waals surface area contributed by atoms with Gasteiger partial charge in [0.2, 0.25) is 0 Å². The van der Waals surface area contributed by atoms with E-state index in [2.05, 4.69) is 6.92 Å². The first-order chi connectivity index (χ1) is 16.6. The molecule has 0 bridgehead atoms. The molecule has 1 N–H and O–H groups in total. The number of ketones is 1. The average molecular weight is 503 g/mol. The van der Waals surface area contributed by atoms with Crippen LogP contribution in [-0.4, -0.2) is 44.7 Å². The van der Waals surface area contributed by atoms with Crippen molar-refractivity contribution in [3.05, 3.63) is 34.2 Å². The molecule has 1 unspecified atom stereocenters. The number of aromatic nitrogens is 1. The zero-order valence-corrected chi connectivity index (χ0v) is 23.2. The number of rotatable bonds is 10. The van der Waals surface area contributed by atoms with Crippen LogP contribution in [0.4, 0.5) is 4.79 Å². The monoisotopic (exact) mass is 502 g/mol. The number of fused-ring (bicyclic) bond motifs is 1. The van der Waals surface area contributed by atoms with E-state index in [0.717, 1.165) is 12.8 Å². The van der Waals surface area contributed by atoms with Crippen LogP contribution in [0.3, 0.4) is 0 Å². The van der Waals surface area contributed by atoms with Crippen LogP contribution in [0.25, 0.3) is 10.8 Å². The smallest absolute Gasteiger partial charge is 0.408 e. The molecule has 1 amide bonds. The number of pyridine rings is 1. The number of Topliss-reactive ketones (excluding diaryl/α,β-unsaturated/α-hetero) is 1. The maximum absolute atomic E-state index is 13.8. The van der Waals surface area contributed by atoms with Crippen molar-refractivity contribution in [1.82, 2.24) is 9.47 Å². The van der Waals surface area contributed by atoms with Gasteiger partial charge in [-0.05, 0) is 64.7 Å². The molecule has 0 radical (unpaired) electrons. The van der Waals surface area contributed by atoms with Gasteiger partial charge in [-0.25, -0.2) is 4.79 Å². The SMILES string of the molecule is CCCCOc1c(CN(C(=O)O)C(C)(C)C)n(CC(C)(C)C)c(=O)c2ccc(OC(C)C(C)=O)cc12. The lowest BCUT2D eigenvalue weighted by Gasteiger charge is -2.35. The largest absolute Gasteiger partial charge is 0.491 e. The Labute approximate surface area is 214 Å². The molecule has 200 valence electrons. The molecule has 1 aromatic carbocycles. The summed E-state index contributed by atoms with van der Waals surface area (Å²) in [5, 5.41) is 11.0. The zero-order valence-electron chi connectivity index (χ0n) is 23.2. The van der Waals surface area contributed by atoms with Gasteiger partial charge in [0.15, 0.2) is 11.9 Å². The van der Waals surface area contributed by atoms with Crippen LogP contribution < -0.4 is 15.0 Å². The minimum Gasteiger partial charge on any atom is -0.491 e. The van der Waals surface area contributed by atoms with E-state index in [-0.39, 0.29) is 23.3 Å². The predicted octanol–water partition coefficient (Wildman–Crippen LogP) is 5.86. The number of nitrogens with zero attached hydrogens (tertiary/aromatic N) is 2. The fourth-order valence-electron chi connectivity index (χ4n) is 3.82. The second-order valence-electron chi connectivity index (χ2n) is 11.5. The number of carbonyl (C=O) groups is 2. The number of carboxylic acid groups (broad SMARTS) is 1. The Kier molecular flexibility index (Phi) is 9.21. The van der Waals surface area contributed by atoms with Crippen molar-refractivity contribution in [3.63, 3.8) is 0 Å². The van der Waals surface area contributed by atoms with Gasteiger partial charge < -0.3 is 19.1 Å². The second kappa shape index (κ2) is 11.4. The molecule has 8 heteroatoms. The van der Waals surface area contributed by atoms with E-state index in [0.29, 0.717) is 41.1 Å². The van der Waals surface area contributed by atoms with Crippen molar-refractivity contribution in [3.8, 4) is 11.5 Å². The van der Waals surface area contributed by atoms with Crippen molar-refractivity contribution < 1.29 is 24.2 Å². The molecular formula is C28H42N2O6. The Morgan fingerprint density at radius 2 is 1.75 bits per heavy atom. The van der Waals surface area contributed by atoms with Crippen molar-refractivity contribution in [2.45, 2.75) is 99.9 Å². The van der Waals surface area contributed by atoms with Gasteiger partial charge in [0.05, 0.1) is 24.2 Å². The van der Waals surface area contributed by atoms with Gasteiger partial charge >= 0.3 is 6.09 Å². The molecule has 8 nitrogen and oxygen atoms in total. The second-order valence-corrected chi connectivity index (χ2v) is 11.5. The molecule has 0 saturated carbocycles. The molecule has 0 spiro atoms. The number of hydrogen-bond acceptors (Lipinski definition) is 5. The van der Waals surface area contributed by atoms with Crippen molar-refractivity contribution in [1.29, 1.82) is 0 Å². The highest BCUT2D eigenvalue weighted by atomic mass is 16.5. The highest BCUT2D eigenvalue weighted by Gasteiger charge is 2.31. The molecule has 0 aliphatic carbocycles. The minimum atomic E-state index is -1.08. The van der Waals surface area contributed by atoms with Gasteiger partial charge in [-0.2, -0.15) is 0 Å². The van der Waals surface area contributed by atoms with E-state index >= 15 is 0 Å². The van der Waals surface area contributed by atoms with Crippen LogP contribution in [0.1, 0.15) is 80.8 Å². The average Bonchev–Trinajstić information content (AvgIpc) is 2.73. The number of benzene rings is 1. The Morgan fingerprint density at radius 1 is 1.11 bits per heavy atom. The van der Waals surface area contributed by atoms with Gasteiger partial charge in [-0.1, -0.05) is 34.1 Å². The molecule has 36 heavy (non-hydrogen) atoms. The van der Waals surface area contributed by atoms with Crippen LogP contribution in [0.5, 0.6) is 11.5 Å². The van der Waals surface area contributed by atoms with E-state index in [1.165, 1.54) is 11.8 Å². The molecule has 0 aliphatic heterocycles. The first-order valence-corrected chi connectivity index (χ1v) is 12.6. The maximum Gasteiger partial charge on any atom is 0.408 e. The fourth-order valence-corrected chi connectivity index (χ4v) is 3.82. The molecule has 2 aromatic rings. The molecule has 2 rings (SSSR count). The van der Waals surface area contributed by atoms with Crippen LogP contribution in [0.15, 0.2) is 23.0 Å². The first-order valence-electron chi connectivity index (χ1n) is 12.6. The number of hydrogen-bond donors (Lipinski definition) is 1. The molecule has 1 aromatic heterocycles. The van der Waals surface area contributed by atoms with Gasteiger partial charge in [0.25, 0.3) is 5.56 Å².